The Morgan fingerprint density at radius 2 is 1.47 bits per heavy atom. The summed E-state index contributed by atoms with van der Waals surface area (Å²) in [5.74, 6) is 5.00. The smallest absolute Gasteiger partial charge is 0.220 e. The van der Waals surface area contributed by atoms with Crippen molar-refractivity contribution >= 4 is 23.0 Å². The lowest BCUT2D eigenvalue weighted by Gasteiger charge is -2.27. The van der Waals surface area contributed by atoms with Gasteiger partial charge in [0.1, 0.15) is 7.05 Å². The van der Waals surface area contributed by atoms with Crippen molar-refractivity contribution in [2.75, 3.05) is 71.3 Å². The third kappa shape index (κ3) is 9.39. The normalized spacial score (nSPS) is 17.1. The number of nitrogens with one attached hydrogen (secondary N) is 1. The molecule has 9 heteroatoms. The summed E-state index contributed by atoms with van der Waals surface area (Å²) in [5, 5.41) is 2.96. The average Bonchev–Trinajstić information content (AvgIpc) is 3.39. The predicted molar refractivity (Wildman–Crippen MR) is 188 cm³/mol. The molecule has 0 saturated carbocycles. The van der Waals surface area contributed by atoms with E-state index < -0.39 is 0 Å². The first-order valence-corrected chi connectivity index (χ1v) is 17.0. The average molecular weight is 648 g/mol. The largest absolute Gasteiger partial charge is 0.377 e. The second-order valence-corrected chi connectivity index (χ2v) is 13.2. The summed E-state index contributed by atoms with van der Waals surface area (Å²) in [4.78, 5) is 19.3. The fourth-order valence-corrected chi connectivity index (χ4v) is 6.65. The van der Waals surface area contributed by atoms with Crippen LogP contribution in [0.1, 0.15) is 64.5 Å². The Balaban J connectivity index is 1.21. The molecule has 2 aromatic carbocycles. The standard InChI is InChI=1S/C38H54N4O5/c1-37(2)30-14-8-10-16-32(30)41(5)34(37)18-13-19-35-38(3,4)31-15-9-11-17-33(31)42(35)22-12-6-7-20-36(43)40-21-23-44-24-25-45-26-27-46-28-29-47-39/h8-11,13-19H,6-7,12,20-29,39H2,1-5H3/p+1. The van der Waals surface area contributed by atoms with E-state index in [2.05, 4.69) is 121 Å². The number of benzene rings is 2. The molecule has 4 rings (SSSR count). The van der Waals surface area contributed by atoms with Gasteiger partial charge in [-0.25, -0.2) is 5.90 Å². The Hall–Kier alpha value is -3.34. The molecule has 3 N–H and O–H groups in total. The van der Waals surface area contributed by atoms with Gasteiger partial charge in [0.05, 0.1) is 51.7 Å². The zero-order valence-electron chi connectivity index (χ0n) is 29.1. The zero-order valence-corrected chi connectivity index (χ0v) is 29.1. The number of hydrogen-bond acceptors (Lipinski definition) is 7. The van der Waals surface area contributed by atoms with E-state index in [1.807, 2.05) is 0 Å². The van der Waals surface area contributed by atoms with E-state index in [1.165, 1.54) is 33.9 Å². The van der Waals surface area contributed by atoms with Crippen LogP contribution in [0.5, 0.6) is 0 Å². The van der Waals surface area contributed by atoms with E-state index in [1.54, 1.807) is 0 Å². The van der Waals surface area contributed by atoms with E-state index >= 15 is 0 Å². The number of amides is 1. The van der Waals surface area contributed by atoms with Crippen LogP contribution < -0.4 is 16.1 Å². The topological polar surface area (TPSA) is 98.3 Å². The van der Waals surface area contributed by atoms with E-state index in [-0.39, 0.29) is 16.7 Å². The Morgan fingerprint density at radius 1 is 0.830 bits per heavy atom. The van der Waals surface area contributed by atoms with Crippen LogP contribution in [0.15, 0.2) is 72.5 Å². The maximum absolute atomic E-state index is 12.4. The number of fused-ring (bicyclic) bond motifs is 2. The van der Waals surface area contributed by atoms with Gasteiger partial charge in [0.15, 0.2) is 5.71 Å². The highest BCUT2D eigenvalue weighted by atomic mass is 16.6. The molecule has 0 unspecified atom stereocenters. The molecule has 0 atom stereocenters. The lowest BCUT2D eigenvalue weighted by Crippen LogP contribution is -2.28. The number of unbranched alkanes of at least 4 members (excludes halogenated alkanes) is 2. The van der Waals surface area contributed by atoms with Gasteiger partial charge in [0.25, 0.3) is 0 Å². The van der Waals surface area contributed by atoms with Crippen molar-refractivity contribution in [2.45, 2.75) is 64.2 Å². The molecule has 0 fully saturated rings. The molecule has 2 aliphatic rings. The van der Waals surface area contributed by atoms with Crippen molar-refractivity contribution in [2.24, 2.45) is 5.90 Å². The fraction of sp³-hybridized carbons (Fsp3) is 0.526. The maximum Gasteiger partial charge on any atom is 0.220 e. The van der Waals surface area contributed by atoms with Crippen molar-refractivity contribution < 1.29 is 28.4 Å². The molecular weight excluding hydrogens is 592 g/mol. The first kappa shape index (κ1) is 36.5. The molecule has 1 amide bonds. The Labute approximate surface area is 281 Å². The van der Waals surface area contributed by atoms with E-state index in [4.69, 9.17) is 20.1 Å². The summed E-state index contributed by atoms with van der Waals surface area (Å²) in [7, 11) is 2.16. The zero-order chi connectivity index (χ0) is 33.7. The minimum absolute atomic E-state index is 0.0557. The van der Waals surface area contributed by atoms with Crippen molar-refractivity contribution in [3.8, 4) is 0 Å². The molecular formula is C38H55N4O5+. The number of ether oxygens (including phenoxy) is 3. The number of carbonyl (C=O) groups is 1. The summed E-state index contributed by atoms with van der Waals surface area (Å²) < 4.78 is 18.5. The van der Waals surface area contributed by atoms with Gasteiger partial charge in [-0.05, 0) is 44.4 Å². The molecule has 0 bridgehead atoms. The molecule has 0 spiro atoms. The third-order valence-electron chi connectivity index (χ3n) is 9.19. The van der Waals surface area contributed by atoms with Gasteiger partial charge in [0.2, 0.25) is 11.6 Å². The van der Waals surface area contributed by atoms with E-state index in [9.17, 15) is 4.79 Å². The van der Waals surface area contributed by atoms with Gasteiger partial charge >= 0.3 is 0 Å². The number of nitrogens with two attached hydrogens (primary N) is 1. The molecule has 0 aliphatic carbocycles. The molecule has 0 aromatic heterocycles. The Bertz CT molecular complexity index is 1410. The number of nitrogens with zero attached hydrogens (tertiary/aromatic N) is 2. The van der Waals surface area contributed by atoms with Crippen LogP contribution in [-0.2, 0) is 34.7 Å². The predicted octanol–water partition coefficient (Wildman–Crippen LogP) is 5.55. The molecule has 2 aliphatic heterocycles. The van der Waals surface area contributed by atoms with Gasteiger partial charge in [-0.15, -0.1) is 0 Å². The summed E-state index contributed by atoms with van der Waals surface area (Å²) >= 11 is 0. The second-order valence-electron chi connectivity index (χ2n) is 13.2. The SMILES string of the molecule is C[N+]1=C(C=CC=C2N(CCCCCC(=O)NCCOCCOCCOCCON)c3ccccc3C2(C)C)C(C)(C)c2ccccc21. The minimum Gasteiger partial charge on any atom is -0.377 e. The summed E-state index contributed by atoms with van der Waals surface area (Å²) in [6, 6.07) is 17.4. The van der Waals surface area contributed by atoms with E-state index in [0.717, 1.165) is 25.8 Å². The van der Waals surface area contributed by atoms with Gasteiger partial charge in [-0.2, -0.15) is 4.58 Å². The molecule has 256 valence electrons. The maximum atomic E-state index is 12.4. The minimum atomic E-state index is -0.103. The second kappa shape index (κ2) is 17.7. The van der Waals surface area contributed by atoms with Gasteiger partial charge < -0.3 is 29.3 Å². The summed E-state index contributed by atoms with van der Waals surface area (Å²) in [6.07, 6.45) is 10.2. The number of hydrogen-bond donors (Lipinski definition) is 2. The highest BCUT2D eigenvalue weighted by molar-refractivity contribution is 6.03. The van der Waals surface area contributed by atoms with Crippen LogP contribution in [0, 0.1) is 0 Å². The molecule has 0 saturated heterocycles. The van der Waals surface area contributed by atoms with Crippen LogP contribution in [-0.4, -0.2) is 82.6 Å². The lowest BCUT2D eigenvalue weighted by atomic mass is 9.81. The highest BCUT2D eigenvalue weighted by Crippen LogP contribution is 2.47. The van der Waals surface area contributed by atoms with Crippen molar-refractivity contribution in [3.63, 3.8) is 0 Å². The first-order valence-electron chi connectivity index (χ1n) is 17.0. The number of anilines is 1. The molecule has 2 heterocycles. The van der Waals surface area contributed by atoms with Crippen LogP contribution in [0.2, 0.25) is 0 Å². The molecule has 47 heavy (non-hydrogen) atoms. The van der Waals surface area contributed by atoms with Crippen molar-refractivity contribution in [3.05, 3.63) is 83.6 Å². The fourth-order valence-electron chi connectivity index (χ4n) is 6.65. The highest BCUT2D eigenvalue weighted by Gasteiger charge is 2.43. The number of allylic oxidation sites excluding steroid dienone is 4. The van der Waals surface area contributed by atoms with Crippen LogP contribution >= 0.6 is 0 Å². The van der Waals surface area contributed by atoms with Gasteiger partial charge in [-0.3, -0.25) is 4.79 Å². The molecule has 2 aromatic rings. The van der Waals surface area contributed by atoms with Crippen molar-refractivity contribution in [1.29, 1.82) is 0 Å². The quantitative estimate of drug-likeness (QED) is 0.111. The third-order valence-corrected chi connectivity index (χ3v) is 9.19. The molecule has 9 nitrogen and oxygen atoms in total. The Morgan fingerprint density at radius 3 is 2.17 bits per heavy atom. The lowest BCUT2D eigenvalue weighted by molar-refractivity contribution is -0.401. The number of carbonyl (C=O) groups excluding carboxylic acids is 1. The Kier molecular flexibility index (Phi) is 13.8. The van der Waals surface area contributed by atoms with Crippen LogP contribution in [0.3, 0.4) is 0 Å². The van der Waals surface area contributed by atoms with Crippen LogP contribution in [0.4, 0.5) is 11.4 Å². The molecule has 0 radical (unpaired) electrons. The van der Waals surface area contributed by atoms with E-state index in [0.29, 0.717) is 59.2 Å². The van der Waals surface area contributed by atoms with Gasteiger partial charge in [0, 0.05) is 54.0 Å². The number of rotatable bonds is 20. The summed E-state index contributed by atoms with van der Waals surface area (Å²) in [6.45, 7) is 13.9. The van der Waals surface area contributed by atoms with Crippen molar-refractivity contribution in [1.82, 2.24) is 5.32 Å². The van der Waals surface area contributed by atoms with Crippen LogP contribution in [0.25, 0.3) is 0 Å². The summed E-state index contributed by atoms with van der Waals surface area (Å²) in [5.41, 5.74) is 7.72. The van der Waals surface area contributed by atoms with Gasteiger partial charge in [-0.1, -0.05) is 62.7 Å². The number of para-hydroxylation sites is 2. The first-order chi connectivity index (χ1) is 22.7. The monoisotopic (exact) mass is 647 g/mol.